The van der Waals surface area contributed by atoms with Crippen LogP contribution in [0.5, 0.6) is 0 Å². The van der Waals surface area contributed by atoms with Crippen molar-refractivity contribution in [3.63, 3.8) is 0 Å². The van der Waals surface area contributed by atoms with Crippen LogP contribution in [0.25, 0.3) is 0 Å². The van der Waals surface area contributed by atoms with E-state index in [1.54, 1.807) is 18.7 Å². The van der Waals surface area contributed by atoms with Crippen molar-refractivity contribution >= 4 is 11.8 Å². The first kappa shape index (κ1) is 17.3. The second-order valence-corrected chi connectivity index (χ2v) is 5.95. The summed E-state index contributed by atoms with van der Waals surface area (Å²) in [4.78, 5) is 26.2. The maximum Gasteiger partial charge on any atom is 0.255 e. The van der Waals surface area contributed by atoms with E-state index in [9.17, 15) is 22.8 Å². The quantitative estimate of drug-likeness (QED) is 0.863. The van der Waals surface area contributed by atoms with Gasteiger partial charge in [0, 0.05) is 13.1 Å². The predicted octanol–water partition coefficient (Wildman–Crippen LogP) is 2.48. The Kier molecular flexibility index (Phi) is 5.28. The number of hydrogen-bond acceptors (Lipinski definition) is 2. The molecule has 0 spiro atoms. The summed E-state index contributed by atoms with van der Waals surface area (Å²) in [5, 5.41) is 2.44. The first-order valence-corrected chi connectivity index (χ1v) is 7.56. The summed E-state index contributed by atoms with van der Waals surface area (Å²) in [5.74, 6) is -6.03. The van der Waals surface area contributed by atoms with Crippen molar-refractivity contribution < 1.29 is 22.8 Å². The van der Waals surface area contributed by atoms with Crippen LogP contribution in [0.2, 0.25) is 0 Å². The van der Waals surface area contributed by atoms with Gasteiger partial charge < -0.3 is 10.2 Å². The van der Waals surface area contributed by atoms with Gasteiger partial charge in [-0.3, -0.25) is 9.59 Å². The molecule has 1 N–H and O–H groups in total. The van der Waals surface area contributed by atoms with E-state index in [1.807, 2.05) is 0 Å². The molecule has 1 aliphatic heterocycles. The second-order valence-electron chi connectivity index (χ2n) is 5.95. The maximum absolute atomic E-state index is 13.7. The normalized spacial score (nSPS) is 15.8. The fourth-order valence-electron chi connectivity index (χ4n) is 2.57. The molecule has 1 fully saturated rings. The van der Waals surface area contributed by atoms with Gasteiger partial charge in [-0.05, 0) is 30.9 Å². The van der Waals surface area contributed by atoms with E-state index >= 15 is 0 Å². The van der Waals surface area contributed by atoms with E-state index in [-0.39, 0.29) is 11.8 Å². The molecule has 1 heterocycles. The summed E-state index contributed by atoms with van der Waals surface area (Å²) in [6, 6.07) is 0.703. The van der Waals surface area contributed by atoms with Gasteiger partial charge in [0.25, 0.3) is 5.91 Å². The van der Waals surface area contributed by atoms with Crippen LogP contribution in [0.4, 0.5) is 13.2 Å². The lowest BCUT2D eigenvalue weighted by Gasteiger charge is -2.26. The summed E-state index contributed by atoms with van der Waals surface area (Å²) in [6.45, 7) is 4.75. The average Bonchev–Trinajstić information content (AvgIpc) is 3.03. The van der Waals surface area contributed by atoms with Gasteiger partial charge in [0.1, 0.15) is 6.04 Å². The van der Waals surface area contributed by atoms with E-state index < -0.39 is 35.0 Å². The van der Waals surface area contributed by atoms with Gasteiger partial charge in [0.05, 0.1) is 5.56 Å². The molecule has 23 heavy (non-hydrogen) atoms. The molecular weight excluding hydrogens is 309 g/mol. The molecule has 1 atom stereocenters. The molecule has 1 aliphatic rings. The van der Waals surface area contributed by atoms with Crippen LogP contribution in [0.3, 0.4) is 0 Å². The first-order valence-electron chi connectivity index (χ1n) is 7.56. The minimum Gasteiger partial charge on any atom is -0.341 e. The van der Waals surface area contributed by atoms with Crippen molar-refractivity contribution in [3.05, 3.63) is 35.1 Å². The van der Waals surface area contributed by atoms with E-state index in [0.717, 1.165) is 18.9 Å². The van der Waals surface area contributed by atoms with Gasteiger partial charge in [-0.25, -0.2) is 13.2 Å². The fourth-order valence-corrected chi connectivity index (χ4v) is 2.57. The molecule has 0 saturated carbocycles. The number of hydrogen-bond donors (Lipinski definition) is 1. The van der Waals surface area contributed by atoms with Crippen LogP contribution < -0.4 is 5.32 Å². The van der Waals surface area contributed by atoms with E-state index in [1.165, 1.54) is 0 Å². The number of carbonyl (C=O) groups is 2. The minimum absolute atomic E-state index is 0.222. The number of rotatable bonds is 4. The Bertz CT molecular complexity index is 614. The summed E-state index contributed by atoms with van der Waals surface area (Å²) < 4.78 is 39.9. The number of nitrogens with one attached hydrogen (secondary N) is 1. The molecule has 0 aliphatic carbocycles. The van der Waals surface area contributed by atoms with Crippen LogP contribution in [-0.4, -0.2) is 35.8 Å². The molecule has 0 bridgehead atoms. The van der Waals surface area contributed by atoms with Crippen LogP contribution in [0.15, 0.2) is 12.1 Å². The van der Waals surface area contributed by atoms with Crippen LogP contribution in [0.1, 0.15) is 37.0 Å². The molecule has 4 nitrogen and oxygen atoms in total. The molecule has 0 aromatic heterocycles. The van der Waals surface area contributed by atoms with Crippen molar-refractivity contribution in [1.29, 1.82) is 0 Å². The zero-order valence-corrected chi connectivity index (χ0v) is 13.0. The average molecular weight is 328 g/mol. The molecular formula is C16H19F3N2O2. The number of benzene rings is 1. The first-order chi connectivity index (χ1) is 10.8. The fraction of sp³-hybridized carbons (Fsp3) is 0.500. The van der Waals surface area contributed by atoms with Gasteiger partial charge in [0.15, 0.2) is 17.5 Å². The third-order valence-electron chi connectivity index (χ3n) is 3.92. The number of amides is 2. The lowest BCUT2D eigenvalue weighted by Crippen LogP contribution is -2.50. The van der Waals surface area contributed by atoms with E-state index in [2.05, 4.69) is 5.32 Å². The Hall–Kier alpha value is -2.05. The van der Waals surface area contributed by atoms with Crippen molar-refractivity contribution in [2.45, 2.75) is 32.7 Å². The van der Waals surface area contributed by atoms with Crippen molar-refractivity contribution in [1.82, 2.24) is 10.2 Å². The van der Waals surface area contributed by atoms with E-state index in [4.69, 9.17) is 0 Å². The Morgan fingerprint density at radius 3 is 2.26 bits per heavy atom. The number of carbonyl (C=O) groups excluding carboxylic acids is 2. The predicted molar refractivity (Wildman–Crippen MR) is 78.2 cm³/mol. The Labute approximate surface area is 132 Å². The third-order valence-corrected chi connectivity index (χ3v) is 3.92. The number of nitrogens with zero attached hydrogens (tertiary/aromatic N) is 1. The molecule has 1 aromatic rings. The highest BCUT2D eigenvalue weighted by molar-refractivity contribution is 5.97. The van der Waals surface area contributed by atoms with E-state index in [0.29, 0.717) is 19.2 Å². The van der Waals surface area contributed by atoms with Gasteiger partial charge in [-0.15, -0.1) is 0 Å². The Morgan fingerprint density at radius 1 is 1.09 bits per heavy atom. The van der Waals surface area contributed by atoms with Crippen molar-refractivity contribution in [2.75, 3.05) is 13.1 Å². The largest absolute Gasteiger partial charge is 0.341 e. The number of halogens is 3. The highest BCUT2D eigenvalue weighted by Crippen LogP contribution is 2.17. The standard InChI is InChI=1S/C16H19F3N2O2/c1-9(2)14(16(23)21-7-3-4-8-21)20-15(22)10-5-6-11(17)13(19)12(10)18/h5-6,9,14H,3-4,7-8H2,1-2H3,(H,20,22)/t14-/m0/s1. The maximum atomic E-state index is 13.7. The molecule has 126 valence electrons. The van der Waals surface area contributed by atoms with Crippen molar-refractivity contribution in [3.8, 4) is 0 Å². The Balaban J connectivity index is 2.18. The van der Waals surface area contributed by atoms with Crippen molar-refractivity contribution in [2.24, 2.45) is 5.92 Å². The summed E-state index contributed by atoms with van der Waals surface area (Å²) in [6.07, 6.45) is 1.81. The van der Waals surface area contributed by atoms with Crippen LogP contribution in [0, 0.1) is 23.4 Å². The summed E-state index contributed by atoms with van der Waals surface area (Å²) >= 11 is 0. The monoisotopic (exact) mass is 328 g/mol. The third kappa shape index (κ3) is 3.65. The van der Waals surface area contributed by atoms with Gasteiger partial charge in [-0.2, -0.15) is 0 Å². The molecule has 1 saturated heterocycles. The number of likely N-dealkylation sites (tertiary alicyclic amines) is 1. The molecule has 1 aromatic carbocycles. The Morgan fingerprint density at radius 2 is 1.70 bits per heavy atom. The molecule has 0 radical (unpaired) electrons. The lowest BCUT2D eigenvalue weighted by molar-refractivity contribution is -0.133. The highest BCUT2D eigenvalue weighted by Gasteiger charge is 2.31. The second kappa shape index (κ2) is 7.02. The van der Waals surface area contributed by atoms with Gasteiger partial charge in [0.2, 0.25) is 5.91 Å². The smallest absolute Gasteiger partial charge is 0.255 e. The minimum atomic E-state index is -1.70. The van der Waals surface area contributed by atoms with Crippen LogP contribution in [-0.2, 0) is 4.79 Å². The molecule has 7 heteroatoms. The molecule has 2 amide bonds. The SMILES string of the molecule is CC(C)[C@H](NC(=O)c1ccc(F)c(F)c1F)C(=O)N1CCCC1. The topological polar surface area (TPSA) is 49.4 Å². The molecule has 0 unspecified atom stereocenters. The van der Waals surface area contributed by atoms with Gasteiger partial charge in [-0.1, -0.05) is 13.8 Å². The highest BCUT2D eigenvalue weighted by atomic mass is 19.2. The summed E-state index contributed by atoms with van der Waals surface area (Å²) in [5.41, 5.74) is -0.622. The summed E-state index contributed by atoms with van der Waals surface area (Å²) in [7, 11) is 0. The van der Waals surface area contributed by atoms with Gasteiger partial charge >= 0.3 is 0 Å². The zero-order chi connectivity index (χ0) is 17.1. The zero-order valence-electron chi connectivity index (χ0n) is 13.0. The molecule has 2 rings (SSSR count). The lowest BCUT2D eigenvalue weighted by atomic mass is 10.0. The van der Waals surface area contributed by atoms with Crippen LogP contribution >= 0.6 is 0 Å².